The number of benzene rings is 1. The summed E-state index contributed by atoms with van der Waals surface area (Å²) in [6.45, 7) is 2.05. The van der Waals surface area contributed by atoms with Gasteiger partial charge in [-0.15, -0.1) is 4.83 Å². The Morgan fingerprint density at radius 2 is 2.05 bits per heavy atom. The molecule has 1 aliphatic rings. The van der Waals surface area contributed by atoms with Crippen molar-refractivity contribution < 1.29 is 17.9 Å². The molecule has 0 amide bonds. The zero-order valence-electron chi connectivity index (χ0n) is 10.6. The summed E-state index contributed by atoms with van der Waals surface area (Å²) in [6, 6.07) is 4.35. The van der Waals surface area contributed by atoms with Crippen molar-refractivity contribution in [3.05, 3.63) is 18.2 Å². The molecule has 1 fully saturated rings. The molecule has 1 saturated heterocycles. The van der Waals surface area contributed by atoms with Crippen LogP contribution in [-0.4, -0.2) is 46.8 Å². The molecule has 8 heteroatoms. The van der Waals surface area contributed by atoms with Gasteiger partial charge in [0.15, 0.2) is 0 Å². The van der Waals surface area contributed by atoms with E-state index in [1.165, 1.54) is 25.3 Å². The number of hydrogen-bond donors (Lipinski definition) is 2. The van der Waals surface area contributed by atoms with Gasteiger partial charge in [0, 0.05) is 19.2 Å². The van der Waals surface area contributed by atoms with Crippen molar-refractivity contribution in [1.82, 2.24) is 9.84 Å². The van der Waals surface area contributed by atoms with Gasteiger partial charge in [0.1, 0.15) is 5.75 Å². The summed E-state index contributed by atoms with van der Waals surface area (Å²) in [5.41, 5.74) is 6.06. The van der Waals surface area contributed by atoms with Crippen LogP contribution in [0, 0.1) is 0 Å². The normalized spacial score (nSPS) is 17.3. The molecule has 19 heavy (non-hydrogen) atoms. The van der Waals surface area contributed by atoms with Crippen LogP contribution in [0.15, 0.2) is 23.1 Å². The lowest BCUT2D eigenvalue weighted by atomic mass is 10.3. The Morgan fingerprint density at radius 3 is 2.68 bits per heavy atom. The van der Waals surface area contributed by atoms with E-state index in [4.69, 9.17) is 15.2 Å². The minimum absolute atomic E-state index is 0.116. The van der Waals surface area contributed by atoms with Crippen LogP contribution >= 0.6 is 0 Å². The van der Waals surface area contributed by atoms with Gasteiger partial charge in [-0.3, -0.25) is 0 Å². The number of hydrazine groups is 1. The average molecular weight is 287 g/mol. The third-order valence-corrected chi connectivity index (χ3v) is 4.15. The molecular weight excluding hydrogens is 270 g/mol. The zero-order valence-corrected chi connectivity index (χ0v) is 11.4. The number of rotatable bonds is 4. The molecule has 2 rings (SSSR count). The molecule has 0 aliphatic carbocycles. The maximum atomic E-state index is 12.2. The number of nitrogen functional groups attached to an aromatic ring is 1. The summed E-state index contributed by atoms with van der Waals surface area (Å²) in [4.78, 5) is 2.63. The quantitative estimate of drug-likeness (QED) is 0.745. The van der Waals surface area contributed by atoms with Gasteiger partial charge in [-0.2, -0.15) is 0 Å². The first-order chi connectivity index (χ1) is 9.03. The molecule has 0 radical (unpaired) electrons. The molecule has 1 aromatic rings. The summed E-state index contributed by atoms with van der Waals surface area (Å²) >= 11 is 0. The van der Waals surface area contributed by atoms with Crippen LogP contribution in [0.5, 0.6) is 5.75 Å². The number of nitrogens with zero attached hydrogens (tertiary/aromatic N) is 1. The maximum absolute atomic E-state index is 12.2. The number of anilines is 1. The van der Waals surface area contributed by atoms with E-state index in [-0.39, 0.29) is 4.90 Å². The number of sulfonamides is 1. The molecule has 1 heterocycles. The highest BCUT2D eigenvalue weighted by atomic mass is 32.2. The van der Waals surface area contributed by atoms with Crippen molar-refractivity contribution in [1.29, 1.82) is 0 Å². The second-order valence-corrected chi connectivity index (χ2v) is 5.76. The highest BCUT2D eigenvalue weighted by Crippen LogP contribution is 2.24. The van der Waals surface area contributed by atoms with Crippen molar-refractivity contribution in [2.75, 3.05) is 39.1 Å². The van der Waals surface area contributed by atoms with Crippen molar-refractivity contribution in [2.45, 2.75) is 4.90 Å². The lowest BCUT2D eigenvalue weighted by molar-refractivity contribution is 0.0272. The Morgan fingerprint density at radius 1 is 1.37 bits per heavy atom. The second kappa shape index (κ2) is 5.74. The zero-order chi connectivity index (χ0) is 13.9. The van der Waals surface area contributed by atoms with E-state index in [1.807, 2.05) is 0 Å². The lowest BCUT2D eigenvalue weighted by Gasteiger charge is -2.26. The van der Waals surface area contributed by atoms with Crippen molar-refractivity contribution in [3.63, 3.8) is 0 Å². The minimum atomic E-state index is -3.62. The van der Waals surface area contributed by atoms with Gasteiger partial charge >= 0.3 is 0 Å². The highest BCUT2D eigenvalue weighted by Gasteiger charge is 2.21. The number of ether oxygens (including phenoxy) is 2. The molecule has 0 aromatic heterocycles. The van der Waals surface area contributed by atoms with Crippen LogP contribution in [-0.2, 0) is 14.8 Å². The van der Waals surface area contributed by atoms with E-state index < -0.39 is 10.0 Å². The Hall–Kier alpha value is -1.35. The largest absolute Gasteiger partial charge is 0.495 e. The molecule has 1 aromatic carbocycles. The van der Waals surface area contributed by atoms with Gasteiger partial charge in [0.2, 0.25) is 0 Å². The van der Waals surface area contributed by atoms with Crippen LogP contribution in [0.1, 0.15) is 0 Å². The van der Waals surface area contributed by atoms with Crippen molar-refractivity contribution >= 4 is 15.7 Å². The summed E-state index contributed by atoms with van der Waals surface area (Å²) in [6.07, 6.45) is 0. The van der Waals surface area contributed by atoms with Gasteiger partial charge in [-0.1, -0.05) is 0 Å². The minimum Gasteiger partial charge on any atom is -0.495 e. The molecule has 1 aliphatic heterocycles. The Bertz CT molecular complexity index is 541. The molecule has 7 nitrogen and oxygen atoms in total. The standard InChI is InChI=1S/C11H17N3O4S/c1-17-11-8-9(2-3-10(11)12)19(15,16)13-14-4-6-18-7-5-14/h2-3,8,13H,4-7,12H2,1H3. The summed E-state index contributed by atoms with van der Waals surface area (Å²) in [5.74, 6) is 0.338. The van der Waals surface area contributed by atoms with E-state index >= 15 is 0 Å². The fourth-order valence-electron chi connectivity index (χ4n) is 1.74. The maximum Gasteiger partial charge on any atom is 0.253 e. The second-order valence-electron chi connectivity index (χ2n) is 4.10. The third-order valence-electron chi connectivity index (χ3n) is 2.78. The molecule has 106 valence electrons. The first kappa shape index (κ1) is 14.1. The molecular formula is C11H17N3O4S. The van der Waals surface area contributed by atoms with Crippen LogP contribution < -0.4 is 15.3 Å². The molecule has 0 atom stereocenters. The van der Waals surface area contributed by atoms with E-state index in [0.29, 0.717) is 37.7 Å². The summed E-state index contributed by atoms with van der Waals surface area (Å²) in [5, 5.41) is 1.61. The van der Waals surface area contributed by atoms with E-state index in [0.717, 1.165) is 0 Å². The number of hydrogen-bond acceptors (Lipinski definition) is 6. The molecule has 3 N–H and O–H groups in total. The Labute approximate surface area is 112 Å². The number of nitrogens with one attached hydrogen (secondary N) is 1. The van der Waals surface area contributed by atoms with Crippen LogP contribution in [0.3, 0.4) is 0 Å². The van der Waals surface area contributed by atoms with Gasteiger partial charge in [-0.25, -0.2) is 13.4 Å². The molecule has 0 bridgehead atoms. The first-order valence-corrected chi connectivity index (χ1v) is 7.30. The van der Waals surface area contributed by atoms with Crippen LogP contribution in [0.2, 0.25) is 0 Å². The summed E-state index contributed by atoms with van der Waals surface area (Å²) in [7, 11) is -2.18. The van der Waals surface area contributed by atoms with Gasteiger partial charge in [0.25, 0.3) is 10.0 Å². The van der Waals surface area contributed by atoms with E-state index in [9.17, 15) is 8.42 Å². The molecule has 0 spiro atoms. The van der Waals surface area contributed by atoms with Gasteiger partial charge in [-0.05, 0) is 12.1 Å². The van der Waals surface area contributed by atoms with Gasteiger partial charge < -0.3 is 15.2 Å². The predicted octanol–water partition coefficient (Wildman–Crippen LogP) is -0.197. The fraction of sp³-hybridized carbons (Fsp3) is 0.455. The third kappa shape index (κ3) is 3.35. The average Bonchev–Trinajstić information content (AvgIpc) is 2.39. The summed E-state index contributed by atoms with van der Waals surface area (Å²) < 4.78 is 34.6. The van der Waals surface area contributed by atoms with Crippen LogP contribution in [0.25, 0.3) is 0 Å². The lowest BCUT2D eigenvalue weighted by Crippen LogP contribution is -2.48. The van der Waals surface area contributed by atoms with E-state index in [2.05, 4.69) is 4.83 Å². The van der Waals surface area contributed by atoms with E-state index in [1.54, 1.807) is 5.01 Å². The van der Waals surface area contributed by atoms with Crippen LogP contribution in [0.4, 0.5) is 5.69 Å². The Kier molecular flexibility index (Phi) is 4.25. The van der Waals surface area contributed by atoms with Crippen molar-refractivity contribution in [2.24, 2.45) is 0 Å². The smallest absolute Gasteiger partial charge is 0.253 e. The van der Waals surface area contributed by atoms with Crippen molar-refractivity contribution in [3.8, 4) is 5.75 Å². The SMILES string of the molecule is COc1cc(S(=O)(=O)NN2CCOCC2)ccc1N. The van der Waals surface area contributed by atoms with Gasteiger partial charge in [0.05, 0.1) is 30.9 Å². The number of nitrogens with two attached hydrogens (primary N) is 1. The highest BCUT2D eigenvalue weighted by molar-refractivity contribution is 7.89. The fourth-order valence-corrected chi connectivity index (χ4v) is 2.87. The Balaban J connectivity index is 2.18. The molecule has 0 saturated carbocycles. The topological polar surface area (TPSA) is 93.9 Å². The molecule has 0 unspecified atom stereocenters. The number of morpholine rings is 1. The monoisotopic (exact) mass is 287 g/mol. The predicted molar refractivity (Wildman–Crippen MR) is 70.1 cm³/mol. The number of methoxy groups -OCH3 is 1. The first-order valence-electron chi connectivity index (χ1n) is 5.81.